The first kappa shape index (κ1) is 16.7. The third-order valence-corrected chi connectivity index (χ3v) is 7.81. The number of rotatable bonds is 1. The molecule has 0 aromatic carbocycles. The SMILES string of the molecule is O=CC1C2CCC(CC3CCC(CC4CCC(N4)C4CCC1N4)N3)N2. The van der Waals surface area contributed by atoms with Crippen molar-refractivity contribution in [2.24, 2.45) is 5.92 Å². The zero-order valence-corrected chi connectivity index (χ0v) is 15.3. The molecule has 5 fully saturated rings. The summed E-state index contributed by atoms with van der Waals surface area (Å²) in [7, 11) is 0. The van der Waals surface area contributed by atoms with Gasteiger partial charge in [0.05, 0.1) is 0 Å². The van der Waals surface area contributed by atoms with Crippen LogP contribution in [0.4, 0.5) is 0 Å². The fourth-order valence-corrected chi connectivity index (χ4v) is 6.55. The summed E-state index contributed by atoms with van der Waals surface area (Å²) in [5, 5.41) is 15.5. The smallest absolute Gasteiger partial charge is 0.126 e. The van der Waals surface area contributed by atoms with Crippen molar-refractivity contribution < 1.29 is 4.79 Å². The molecule has 0 aromatic heterocycles. The van der Waals surface area contributed by atoms with E-state index in [1.54, 1.807) is 0 Å². The minimum absolute atomic E-state index is 0.140. The quantitative estimate of drug-likeness (QED) is 0.535. The van der Waals surface area contributed by atoms with E-state index in [-0.39, 0.29) is 5.92 Å². The fourth-order valence-electron chi connectivity index (χ4n) is 6.55. The molecule has 5 nitrogen and oxygen atoms in total. The summed E-state index contributed by atoms with van der Waals surface area (Å²) in [6.45, 7) is 0. The lowest BCUT2D eigenvalue weighted by atomic mass is 9.91. The second kappa shape index (κ2) is 6.91. The largest absolute Gasteiger partial charge is 0.311 e. The highest BCUT2D eigenvalue weighted by Crippen LogP contribution is 2.33. The van der Waals surface area contributed by atoms with Crippen molar-refractivity contribution in [3.05, 3.63) is 0 Å². The van der Waals surface area contributed by atoms with Crippen LogP contribution in [0.1, 0.15) is 64.2 Å². The molecule has 4 N–H and O–H groups in total. The fraction of sp³-hybridized carbons (Fsp3) is 0.950. The molecular formula is C20H34N4O. The van der Waals surface area contributed by atoms with E-state index >= 15 is 0 Å². The first-order chi connectivity index (χ1) is 12.3. The van der Waals surface area contributed by atoms with Gasteiger partial charge in [-0.3, -0.25) is 0 Å². The van der Waals surface area contributed by atoms with Crippen LogP contribution in [-0.2, 0) is 4.79 Å². The van der Waals surface area contributed by atoms with E-state index in [4.69, 9.17) is 0 Å². The van der Waals surface area contributed by atoms with E-state index in [0.717, 1.165) is 12.8 Å². The Balaban J connectivity index is 1.35. The highest BCUT2D eigenvalue weighted by Gasteiger charge is 2.42. The van der Waals surface area contributed by atoms with Crippen LogP contribution in [0.25, 0.3) is 0 Å². The molecule has 9 unspecified atom stereocenters. The van der Waals surface area contributed by atoms with Gasteiger partial charge in [0.2, 0.25) is 0 Å². The molecule has 0 aliphatic carbocycles. The molecule has 0 saturated carbocycles. The van der Waals surface area contributed by atoms with Gasteiger partial charge in [0.15, 0.2) is 0 Å². The van der Waals surface area contributed by atoms with Gasteiger partial charge < -0.3 is 26.1 Å². The number of hydrogen-bond acceptors (Lipinski definition) is 5. The van der Waals surface area contributed by atoms with Crippen LogP contribution in [0.3, 0.4) is 0 Å². The van der Waals surface area contributed by atoms with Gasteiger partial charge in [-0.15, -0.1) is 0 Å². The Bertz CT molecular complexity index is 500. The van der Waals surface area contributed by atoms with Gasteiger partial charge in [-0.1, -0.05) is 0 Å². The third kappa shape index (κ3) is 3.29. The predicted octanol–water partition coefficient (Wildman–Crippen LogP) is 1.08. The highest BCUT2D eigenvalue weighted by atomic mass is 16.1. The lowest BCUT2D eigenvalue weighted by molar-refractivity contribution is -0.112. The summed E-state index contributed by atoms with van der Waals surface area (Å²) >= 11 is 0. The van der Waals surface area contributed by atoms with Crippen LogP contribution in [0.5, 0.6) is 0 Å². The Labute approximate surface area is 151 Å². The molecule has 5 heterocycles. The van der Waals surface area contributed by atoms with Crippen molar-refractivity contribution in [3.63, 3.8) is 0 Å². The van der Waals surface area contributed by atoms with Crippen LogP contribution >= 0.6 is 0 Å². The minimum atomic E-state index is 0.140. The highest BCUT2D eigenvalue weighted by molar-refractivity contribution is 5.56. The Morgan fingerprint density at radius 3 is 1.68 bits per heavy atom. The number of nitrogens with one attached hydrogen (secondary N) is 4. The molecule has 8 bridgehead atoms. The third-order valence-electron chi connectivity index (χ3n) is 7.81. The lowest BCUT2D eigenvalue weighted by Crippen LogP contribution is -2.50. The Kier molecular flexibility index (Phi) is 4.61. The Morgan fingerprint density at radius 2 is 0.960 bits per heavy atom. The molecule has 25 heavy (non-hydrogen) atoms. The zero-order valence-electron chi connectivity index (χ0n) is 15.3. The molecule has 5 rings (SSSR count). The summed E-state index contributed by atoms with van der Waals surface area (Å²) in [5.41, 5.74) is 0. The number of aldehydes is 1. The Morgan fingerprint density at radius 1 is 0.520 bits per heavy atom. The van der Waals surface area contributed by atoms with Crippen molar-refractivity contribution in [2.45, 2.75) is 113 Å². The first-order valence-corrected chi connectivity index (χ1v) is 10.8. The van der Waals surface area contributed by atoms with E-state index in [1.807, 2.05) is 0 Å². The van der Waals surface area contributed by atoms with E-state index in [1.165, 1.54) is 57.7 Å². The standard InChI is InChI=1S/C20H34N4O/c25-11-16-17-5-3-14(22-17)9-12-1-2-13(21-12)10-15-4-6-19(23-15)20-8-7-18(16)24-20/h11-24H,1-10H2. The van der Waals surface area contributed by atoms with Gasteiger partial charge in [0.25, 0.3) is 0 Å². The molecule has 0 spiro atoms. The van der Waals surface area contributed by atoms with Crippen molar-refractivity contribution in [1.29, 1.82) is 0 Å². The summed E-state index contributed by atoms with van der Waals surface area (Å²) in [6.07, 6.45) is 13.8. The second-order valence-corrected chi connectivity index (χ2v) is 9.37. The van der Waals surface area contributed by atoms with Crippen molar-refractivity contribution in [3.8, 4) is 0 Å². The van der Waals surface area contributed by atoms with E-state index in [2.05, 4.69) is 21.3 Å². The minimum Gasteiger partial charge on any atom is -0.311 e. The Hall–Kier alpha value is -0.490. The maximum absolute atomic E-state index is 11.9. The summed E-state index contributed by atoms with van der Waals surface area (Å²) in [4.78, 5) is 11.9. The molecule has 0 aromatic rings. The monoisotopic (exact) mass is 346 g/mol. The number of carbonyl (C=O) groups is 1. The molecule has 0 radical (unpaired) electrons. The van der Waals surface area contributed by atoms with Gasteiger partial charge in [-0.2, -0.15) is 0 Å². The van der Waals surface area contributed by atoms with Gasteiger partial charge in [-0.25, -0.2) is 0 Å². The van der Waals surface area contributed by atoms with Crippen LogP contribution in [0.15, 0.2) is 0 Å². The normalized spacial score (nSPS) is 52.7. The van der Waals surface area contributed by atoms with Crippen molar-refractivity contribution in [1.82, 2.24) is 21.3 Å². The van der Waals surface area contributed by atoms with Crippen molar-refractivity contribution in [2.75, 3.05) is 0 Å². The average molecular weight is 347 g/mol. The molecule has 140 valence electrons. The van der Waals surface area contributed by atoms with E-state index in [0.29, 0.717) is 48.3 Å². The summed E-state index contributed by atoms with van der Waals surface area (Å²) in [5.74, 6) is 0.140. The molecular weight excluding hydrogens is 312 g/mol. The van der Waals surface area contributed by atoms with Gasteiger partial charge in [0, 0.05) is 54.3 Å². The van der Waals surface area contributed by atoms with E-state index in [9.17, 15) is 4.79 Å². The predicted molar refractivity (Wildman–Crippen MR) is 98.6 cm³/mol. The van der Waals surface area contributed by atoms with Crippen LogP contribution in [-0.4, -0.2) is 54.6 Å². The molecule has 5 aliphatic rings. The lowest BCUT2D eigenvalue weighted by Gasteiger charge is -2.28. The summed E-state index contributed by atoms with van der Waals surface area (Å²) < 4.78 is 0. The molecule has 5 saturated heterocycles. The van der Waals surface area contributed by atoms with Crippen molar-refractivity contribution >= 4 is 6.29 Å². The van der Waals surface area contributed by atoms with Crippen LogP contribution in [0, 0.1) is 5.92 Å². The topological polar surface area (TPSA) is 65.2 Å². The zero-order chi connectivity index (χ0) is 16.8. The van der Waals surface area contributed by atoms with Gasteiger partial charge in [-0.05, 0) is 64.2 Å². The van der Waals surface area contributed by atoms with Crippen LogP contribution < -0.4 is 21.3 Å². The van der Waals surface area contributed by atoms with Gasteiger partial charge in [0.1, 0.15) is 6.29 Å². The first-order valence-electron chi connectivity index (χ1n) is 10.8. The number of fused-ring (bicyclic) bond motifs is 9. The maximum Gasteiger partial charge on any atom is 0.126 e. The molecule has 5 heteroatoms. The van der Waals surface area contributed by atoms with Gasteiger partial charge >= 0.3 is 0 Å². The molecule has 0 amide bonds. The second-order valence-electron chi connectivity index (χ2n) is 9.37. The molecule has 5 aliphatic heterocycles. The van der Waals surface area contributed by atoms with Crippen LogP contribution in [0.2, 0.25) is 0 Å². The number of hydrogen-bond donors (Lipinski definition) is 4. The average Bonchev–Trinajstić information content (AvgIpc) is 3.37. The molecule has 9 atom stereocenters. The summed E-state index contributed by atoms with van der Waals surface area (Å²) in [6, 6.07) is 4.58. The number of carbonyl (C=O) groups excluding carboxylic acids is 1. The van der Waals surface area contributed by atoms with E-state index < -0.39 is 0 Å². The maximum atomic E-state index is 11.9.